The van der Waals surface area contributed by atoms with Crippen molar-refractivity contribution in [1.29, 1.82) is 0 Å². The van der Waals surface area contributed by atoms with Crippen LogP contribution in [0.1, 0.15) is 31.1 Å². The molecule has 1 N–H and O–H groups in total. The summed E-state index contributed by atoms with van der Waals surface area (Å²) in [6, 6.07) is 5.96. The smallest absolute Gasteiger partial charge is 0.0823 e. The summed E-state index contributed by atoms with van der Waals surface area (Å²) in [4.78, 5) is 0. The van der Waals surface area contributed by atoms with Gasteiger partial charge >= 0.3 is 0 Å². The third kappa shape index (κ3) is 2.32. The Morgan fingerprint density at radius 2 is 1.92 bits per heavy atom. The second-order valence-electron chi connectivity index (χ2n) is 3.67. The topological polar surface area (TPSA) is 20.2 Å². The Morgan fingerprint density at radius 3 is 2.46 bits per heavy atom. The van der Waals surface area contributed by atoms with Crippen LogP contribution in [0.2, 0.25) is 0 Å². The highest BCUT2D eigenvalue weighted by molar-refractivity contribution is 9.10. The Bertz CT molecular complexity index is 294. The van der Waals surface area contributed by atoms with Crippen LogP contribution in [0.15, 0.2) is 22.7 Å². The summed E-state index contributed by atoms with van der Waals surface area (Å²) in [5, 5.41) is 9.87. The van der Waals surface area contributed by atoms with Crippen molar-refractivity contribution in [2.75, 3.05) is 0 Å². The largest absolute Gasteiger partial charge is 0.388 e. The van der Waals surface area contributed by atoms with Crippen molar-refractivity contribution in [3.8, 4) is 0 Å². The van der Waals surface area contributed by atoms with Crippen molar-refractivity contribution < 1.29 is 5.11 Å². The number of benzene rings is 1. The van der Waals surface area contributed by atoms with Crippen molar-refractivity contribution in [3.05, 3.63) is 33.8 Å². The molecule has 0 aliphatic carbocycles. The van der Waals surface area contributed by atoms with Crippen LogP contribution < -0.4 is 0 Å². The number of aliphatic hydroxyl groups excluding tert-OH is 1. The van der Waals surface area contributed by atoms with Crippen LogP contribution in [0, 0.1) is 12.8 Å². The van der Waals surface area contributed by atoms with E-state index in [4.69, 9.17) is 0 Å². The zero-order chi connectivity index (χ0) is 10.0. The molecule has 1 rings (SSSR count). The second kappa shape index (κ2) is 4.25. The van der Waals surface area contributed by atoms with E-state index in [1.165, 1.54) is 0 Å². The molecule has 1 aromatic carbocycles. The molecule has 72 valence electrons. The van der Waals surface area contributed by atoms with Crippen molar-refractivity contribution in [3.63, 3.8) is 0 Å². The van der Waals surface area contributed by atoms with E-state index in [9.17, 15) is 5.11 Å². The first kappa shape index (κ1) is 10.7. The van der Waals surface area contributed by atoms with E-state index < -0.39 is 0 Å². The third-order valence-electron chi connectivity index (χ3n) is 2.17. The van der Waals surface area contributed by atoms with E-state index in [0.717, 1.165) is 15.6 Å². The van der Waals surface area contributed by atoms with Gasteiger partial charge in [0.25, 0.3) is 0 Å². The van der Waals surface area contributed by atoms with Crippen LogP contribution in [-0.2, 0) is 0 Å². The molecule has 0 heterocycles. The van der Waals surface area contributed by atoms with Crippen LogP contribution in [-0.4, -0.2) is 5.11 Å². The standard InChI is InChI=1S/C11H15BrO/c1-7(2)11(13)9-6-4-5-8(3)10(9)12/h4-7,11,13H,1-3H3. The lowest BCUT2D eigenvalue weighted by atomic mass is 9.98. The van der Waals surface area contributed by atoms with Gasteiger partial charge in [-0.05, 0) is 24.0 Å². The predicted molar refractivity (Wildman–Crippen MR) is 58.7 cm³/mol. The molecular formula is C11H15BrO. The molecule has 1 aromatic rings. The van der Waals surface area contributed by atoms with Crippen LogP contribution in [0.3, 0.4) is 0 Å². The predicted octanol–water partition coefficient (Wildman–Crippen LogP) is 3.45. The number of hydrogen-bond donors (Lipinski definition) is 1. The van der Waals surface area contributed by atoms with E-state index in [1.54, 1.807) is 0 Å². The zero-order valence-electron chi connectivity index (χ0n) is 8.21. The maximum atomic E-state index is 9.87. The molecule has 0 saturated heterocycles. The van der Waals surface area contributed by atoms with Gasteiger partial charge in [-0.25, -0.2) is 0 Å². The lowest BCUT2D eigenvalue weighted by molar-refractivity contribution is 0.126. The summed E-state index contributed by atoms with van der Waals surface area (Å²) in [6.07, 6.45) is -0.380. The molecule has 1 atom stereocenters. The Hall–Kier alpha value is -0.340. The first-order valence-corrected chi connectivity index (χ1v) is 5.26. The quantitative estimate of drug-likeness (QED) is 0.843. The van der Waals surface area contributed by atoms with E-state index >= 15 is 0 Å². The fourth-order valence-electron chi connectivity index (χ4n) is 1.26. The molecule has 0 aliphatic heterocycles. The first-order chi connectivity index (χ1) is 6.04. The highest BCUT2D eigenvalue weighted by Gasteiger charge is 2.15. The summed E-state index contributed by atoms with van der Waals surface area (Å²) in [5.41, 5.74) is 2.15. The zero-order valence-corrected chi connectivity index (χ0v) is 9.80. The van der Waals surface area contributed by atoms with Gasteiger partial charge in [0.05, 0.1) is 6.10 Å². The summed E-state index contributed by atoms with van der Waals surface area (Å²) in [7, 11) is 0. The van der Waals surface area contributed by atoms with E-state index in [-0.39, 0.29) is 12.0 Å². The first-order valence-electron chi connectivity index (χ1n) is 4.47. The lowest BCUT2D eigenvalue weighted by Crippen LogP contribution is -2.06. The van der Waals surface area contributed by atoms with Gasteiger partial charge in [-0.2, -0.15) is 0 Å². The molecule has 1 unspecified atom stereocenters. The normalized spacial score (nSPS) is 13.4. The van der Waals surface area contributed by atoms with Crippen LogP contribution in [0.25, 0.3) is 0 Å². The Morgan fingerprint density at radius 1 is 1.31 bits per heavy atom. The maximum absolute atomic E-state index is 9.87. The van der Waals surface area contributed by atoms with Gasteiger partial charge in [0.2, 0.25) is 0 Å². The molecule has 1 nitrogen and oxygen atoms in total. The minimum absolute atomic E-state index is 0.248. The van der Waals surface area contributed by atoms with Crippen molar-refractivity contribution in [2.24, 2.45) is 5.92 Å². The van der Waals surface area contributed by atoms with Gasteiger partial charge in [-0.15, -0.1) is 0 Å². The van der Waals surface area contributed by atoms with Crippen molar-refractivity contribution in [2.45, 2.75) is 26.9 Å². The minimum Gasteiger partial charge on any atom is -0.388 e. The van der Waals surface area contributed by atoms with Crippen molar-refractivity contribution >= 4 is 15.9 Å². The van der Waals surface area contributed by atoms with Gasteiger partial charge < -0.3 is 5.11 Å². The van der Waals surface area contributed by atoms with Crippen LogP contribution in [0.4, 0.5) is 0 Å². The Labute approximate surface area is 87.9 Å². The summed E-state index contributed by atoms with van der Waals surface area (Å²) in [5.74, 6) is 0.248. The van der Waals surface area contributed by atoms with E-state index in [0.29, 0.717) is 0 Å². The van der Waals surface area contributed by atoms with Gasteiger partial charge in [-0.1, -0.05) is 48.0 Å². The lowest BCUT2D eigenvalue weighted by Gasteiger charge is -2.17. The van der Waals surface area contributed by atoms with Crippen LogP contribution >= 0.6 is 15.9 Å². The van der Waals surface area contributed by atoms with E-state index in [1.807, 2.05) is 39.0 Å². The molecule has 13 heavy (non-hydrogen) atoms. The molecule has 0 amide bonds. The number of rotatable bonds is 2. The number of aryl methyl sites for hydroxylation is 1. The molecule has 0 aromatic heterocycles. The number of halogens is 1. The summed E-state index contributed by atoms with van der Waals surface area (Å²) < 4.78 is 1.02. The molecule has 0 aliphatic rings. The molecule has 0 saturated carbocycles. The fraction of sp³-hybridized carbons (Fsp3) is 0.455. The Balaban J connectivity index is 3.07. The summed E-state index contributed by atoms with van der Waals surface area (Å²) >= 11 is 3.49. The fourth-order valence-corrected chi connectivity index (χ4v) is 1.76. The van der Waals surface area contributed by atoms with Gasteiger partial charge in [0.15, 0.2) is 0 Å². The third-order valence-corrected chi connectivity index (χ3v) is 3.26. The average molecular weight is 243 g/mol. The van der Waals surface area contributed by atoms with Gasteiger partial charge in [0, 0.05) is 4.47 Å². The summed E-state index contributed by atoms with van der Waals surface area (Å²) in [6.45, 7) is 6.06. The molecular weight excluding hydrogens is 228 g/mol. The molecule has 0 fully saturated rings. The van der Waals surface area contributed by atoms with Crippen LogP contribution in [0.5, 0.6) is 0 Å². The van der Waals surface area contributed by atoms with Gasteiger partial charge in [-0.3, -0.25) is 0 Å². The monoisotopic (exact) mass is 242 g/mol. The molecule has 0 spiro atoms. The number of aliphatic hydroxyl groups is 1. The minimum atomic E-state index is -0.380. The molecule has 0 radical (unpaired) electrons. The Kier molecular flexibility index (Phi) is 3.51. The second-order valence-corrected chi connectivity index (χ2v) is 4.46. The SMILES string of the molecule is Cc1cccc(C(O)C(C)C)c1Br. The highest BCUT2D eigenvalue weighted by atomic mass is 79.9. The molecule has 0 bridgehead atoms. The van der Waals surface area contributed by atoms with Crippen molar-refractivity contribution in [1.82, 2.24) is 0 Å². The number of hydrogen-bond acceptors (Lipinski definition) is 1. The average Bonchev–Trinajstić information content (AvgIpc) is 2.08. The molecule has 2 heteroatoms. The van der Waals surface area contributed by atoms with Gasteiger partial charge in [0.1, 0.15) is 0 Å². The maximum Gasteiger partial charge on any atom is 0.0823 e. The highest BCUT2D eigenvalue weighted by Crippen LogP contribution is 2.30. The van der Waals surface area contributed by atoms with E-state index in [2.05, 4.69) is 15.9 Å².